The van der Waals surface area contributed by atoms with Gasteiger partial charge in [0.1, 0.15) is 16.7 Å². The minimum atomic E-state index is -1.05. The second kappa shape index (κ2) is 6.27. The Kier molecular flexibility index (Phi) is 4.34. The standard InChI is InChI=1S/C16H14F2N2O2S/c1-22-20-16(10-21,11-5-3-2-4-6-11)23-15(19-20)13-9-12(17)7-8-14(13)18/h2-9,21H,10H2,1H3. The van der Waals surface area contributed by atoms with Crippen molar-refractivity contribution in [2.45, 2.75) is 4.87 Å². The normalized spacial score (nSPS) is 20.7. The van der Waals surface area contributed by atoms with Gasteiger partial charge in [-0.25, -0.2) is 8.78 Å². The SMILES string of the molecule is CON1N=C(c2cc(F)ccc2F)SC1(CO)c1ccccc1. The molecule has 0 aliphatic carbocycles. The Morgan fingerprint density at radius 1 is 1.22 bits per heavy atom. The zero-order valence-electron chi connectivity index (χ0n) is 12.2. The number of aliphatic hydroxyl groups is 1. The highest BCUT2D eigenvalue weighted by Crippen LogP contribution is 2.47. The first kappa shape index (κ1) is 15.9. The third-order valence-corrected chi connectivity index (χ3v) is 4.88. The molecule has 1 heterocycles. The molecule has 1 N–H and O–H groups in total. The molecule has 1 atom stereocenters. The Morgan fingerprint density at radius 3 is 2.61 bits per heavy atom. The molecule has 3 rings (SSSR count). The van der Waals surface area contributed by atoms with E-state index < -0.39 is 16.5 Å². The molecule has 0 spiro atoms. The Hall–Kier alpha value is -1.96. The molecule has 1 unspecified atom stereocenters. The van der Waals surface area contributed by atoms with Crippen molar-refractivity contribution in [1.29, 1.82) is 0 Å². The summed E-state index contributed by atoms with van der Waals surface area (Å²) in [4.78, 5) is 4.19. The van der Waals surface area contributed by atoms with Crippen LogP contribution in [0.1, 0.15) is 11.1 Å². The molecule has 1 aliphatic heterocycles. The highest BCUT2D eigenvalue weighted by Gasteiger charge is 2.47. The van der Waals surface area contributed by atoms with E-state index in [1.165, 1.54) is 12.3 Å². The lowest BCUT2D eigenvalue weighted by Crippen LogP contribution is -2.40. The number of aliphatic hydroxyl groups excluding tert-OH is 1. The Labute approximate surface area is 136 Å². The number of hydroxylamine groups is 1. The number of nitrogens with zero attached hydrogens (tertiary/aromatic N) is 2. The molecule has 7 heteroatoms. The van der Waals surface area contributed by atoms with Gasteiger partial charge < -0.3 is 5.11 Å². The molecule has 0 saturated heterocycles. The molecule has 0 fully saturated rings. The summed E-state index contributed by atoms with van der Waals surface area (Å²) in [5, 5.41) is 15.6. The highest BCUT2D eigenvalue weighted by atomic mass is 32.2. The van der Waals surface area contributed by atoms with E-state index in [4.69, 9.17) is 4.84 Å². The average Bonchev–Trinajstić information content (AvgIpc) is 2.97. The van der Waals surface area contributed by atoms with E-state index in [-0.39, 0.29) is 17.2 Å². The van der Waals surface area contributed by atoms with E-state index in [9.17, 15) is 13.9 Å². The van der Waals surface area contributed by atoms with E-state index in [1.54, 1.807) is 0 Å². The fourth-order valence-electron chi connectivity index (χ4n) is 2.39. The first-order valence-corrected chi connectivity index (χ1v) is 7.66. The van der Waals surface area contributed by atoms with Gasteiger partial charge in [0.25, 0.3) is 0 Å². The van der Waals surface area contributed by atoms with Crippen molar-refractivity contribution in [2.24, 2.45) is 5.10 Å². The summed E-state index contributed by atoms with van der Waals surface area (Å²) in [6.07, 6.45) is 0. The fourth-order valence-corrected chi connectivity index (χ4v) is 3.61. The smallest absolute Gasteiger partial charge is 0.185 e. The first-order chi connectivity index (χ1) is 11.1. The van der Waals surface area contributed by atoms with Crippen molar-refractivity contribution >= 4 is 16.8 Å². The van der Waals surface area contributed by atoms with Crippen LogP contribution in [0.5, 0.6) is 0 Å². The van der Waals surface area contributed by atoms with Gasteiger partial charge in [0, 0.05) is 5.56 Å². The second-order valence-electron chi connectivity index (χ2n) is 4.90. The van der Waals surface area contributed by atoms with E-state index in [0.717, 1.165) is 35.5 Å². The third kappa shape index (κ3) is 2.71. The summed E-state index contributed by atoms with van der Waals surface area (Å²) in [7, 11) is 1.41. The monoisotopic (exact) mass is 336 g/mol. The minimum absolute atomic E-state index is 0.0308. The number of benzene rings is 2. The largest absolute Gasteiger partial charge is 0.392 e. The second-order valence-corrected chi connectivity index (χ2v) is 6.16. The number of thioether (sulfide) groups is 1. The molecule has 1 aliphatic rings. The molecule has 0 bridgehead atoms. The molecule has 4 nitrogen and oxygen atoms in total. The van der Waals surface area contributed by atoms with Gasteiger partial charge >= 0.3 is 0 Å². The number of halogens is 2. The predicted octanol–water partition coefficient (Wildman–Crippen LogP) is 3.08. The molecule has 2 aromatic rings. The van der Waals surface area contributed by atoms with E-state index in [1.807, 2.05) is 30.3 Å². The van der Waals surface area contributed by atoms with Crippen LogP contribution in [0.15, 0.2) is 53.6 Å². The summed E-state index contributed by atoms with van der Waals surface area (Å²) in [5.74, 6) is -1.15. The van der Waals surface area contributed by atoms with Crippen LogP contribution in [-0.2, 0) is 9.71 Å². The van der Waals surface area contributed by atoms with Crippen LogP contribution in [0.2, 0.25) is 0 Å². The Bertz CT molecular complexity index is 742. The molecular weight excluding hydrogens is 322 g/mol. The highest BCUT2D eigenvalue weighted by molar-refractivity contribution is 8.15. The maximum atomic E-state index is 14.0. The van der Waals surface area contributed by atoms with Crippen LogP contribution in [0.3, 0.4) is 0 Å². The quantitative estimate of drug-likeness (QED) is 0.932. The number of hydrazone groups is 1. The predicted molar refractivity (Wildman–Crippen MR) is 84.5 cm³/mol. The van der Waals surface area contributed by atoms with Crippen LogP contribution in [-0.4, -0.2) is 29.0 Å². The summed E-state index contributed by atoms with van der Waals surface area (Å²) in [6.45, 7) is -0.320. The van der Waals surface area contributed by atoms with Gasteiger partial charge in [-0.05, 0) is 23.8 Å². The van der Waals surface area contributed by atoms with Gasteiger partial charge in [-0.3, -0.25) is 4.84 Å². The average molecular weight is 336 g/mol. The summed E-state index contributed by atoms with van der Waals surface area (Å²) < 4.78 is 27.5. The fraction of sp³-hybridized carbons (Fsp3) is 0.188. The summed E-state index contributed by atoms with van der Waals surface area (Å²) >= 11 is 1.11. The van der Waals surface area contributed by atoms with Crippen molar-refractivity contribution in [3.8, 4) is 0 Å². The van der Waals surface area contributed by atoms with E-state index in [0.29, 0.717) is 0 Å². The lowest BCUT2D eigenvalue weighted by Gasteiger charge is -2.32. The topological polar surface area (TPSA) is 45.1 Å². The number of hydrogen-bond donors (Lipinski definition) is 1. The lowest BCUT2D eigenvalue weighted by atomic mass is 10.1. The molecule has 120 valence electrons. The van der Waals surface area contributed by atoms with Gasteiger partial charge in [-0.2, -0.15) is 0 Å². The van der Waals surface area contributed by atoms with Gasteiger partial charge in [-0.15, -0.1) is 10.3 Å². The first-order valence-electron chi connectivity index (χ1n) is 6.84. The molecule has 0 amide bonds. The Balaban J connectivity index is 2.06. The minimum Gasteiger partial charge on any atom is -0.392 e. The van der Waals surface area contributed by atoms with Gasteiger partial charge in [-0.1, -0.05) is 42.1 Å². The van der Waals surface area contributed by atoms with Crippen molar-refractivity contribution in [2.75, 3.05) is 13.7 Å². The van der Waals surface area contributed by atoms with Crippen LogP contribution < -0.4 is 0 Å². The van der Waals surface area contributed by atoms with Crippen LogP contribution >= 0.6 is 11.8 Å². The van der Waals surface area contributed by atoms with E-state index >= 15 is 0 Å². The summed E-state index contributed by atoms with van der Waals surface area (Å²) in [6, 6.07) is 12.3. The van der Waals surface area contributed by atoms with Gasteiger partial charge in [0.05, 0.1) is 13.7 Å². The third-order valence-electron chi connectivity index (χ3n) is 3.53. The van der Waals surface area contributed by atoms with Crippen LogP contribution in [0.4, 0.5) is 8.78 Å². The summed E-state index contributed by atoms with van der Waals surface area (Å²) in [5.41, 5.74) is 0.771. The maximum Gasteiger partial charge on any atom is 0.185 e. The molecule has 23 heavy (non-hydrogen) atoms. The molecule has 2 aromatic carbocycles. The van der Waals surface area contributed by atoms with Gasteiger partial charge in [0.15, 0.2) is 4.87 Å². The lowest BCUT2D eigenvalue weighted by molar-refractivity contribution is -0.182. The van der Waals surface area contributed by atoms with Crippen LogP contribution in [0, 0.1) is 11.6 Å². The van der Waals surface area contributed by atoms with Crippen molar-refractivity contribution < 1.29 is 18.7 Å². The zero-order chi connectivity index (χ0) is 16.4. The molecule has 0 radical (unpaired) electrons. The van der Waals surface area contributed by atoms with E-state index in [2.05, 4.69) is 5.10 Å². The maximum absolute atomic E-state index is 14.0. The van der Waals surface area contributed by atoms with Crippen molar-refractivity contribution in [1.82, 2.24) is 5.17 Å². The van der Waals surface area contributed by atoms with Gasteiger partial charge in [0.2, 0.25) is 0 Å². The van der Waals surface area contributed by atoms with Crippen LogP contribution in [0.25, 0.3) is 0 Å². The zero-order valence-corrected chi connectivity index (χ0v) is 13.1. The molecule has 0 saturated carbocycles. The van der Waals surface area contributed by atoms with Crippen molar-refractivity contribution in [3.63, 3.8) is 0 Å². The molecular formula is C16H14F2N2O2S. The number of rotatable bonds is 4. The van der Waals surface area contributed by atoms with Crippen molar-refractivity contribution in [3.05, 3.63) is 71.3 Å². The number of hydrogen-bond acceptors (Lipinski definition) is 5. The molecule has 0 aromatic heterocycles. The Morgan fingerprint density at radius 2 is 1.96 bits per heavy atom.